The number of piperidine rings is 1. The van der Waals surface area contributed by atoms with Crippen LogP contribution in [0.3, 0.4) is 0 Å². The quantitative estimate of drug-likeness (QED) is 0.250. The number of aromatic nitrogens is 2. The Morgan fingerprint density at radius 3 is 2.51 bits per heavy atom. The van der Waals surface area contributed by atoms with Crippen molar-refractivity contribution in [3.8, 4) is 22.1 Å². The average molecular weight is 575 g/mol. The predicted molar refractivity (Wildman–Crippen MR) is 157 cm³/mol. The van der Waals surface area contributed by atoms with Crippen LogP contribution in [0.5, 0.6) is 11.5 Å². The van der Waals surface area contributed by atoms with Crippen LogP contribution in [0.25, 0.3) is 20.8 Å². The minimum absolute atomic E-state index is 0.0306. The number of pyridine rings is 2. The maximum Gasteiger partial charge on any atom is 0.319 e. The summed E-state index contributed by atoms with van der Waals surface area (Å²) in [6.07, 6.45) is 7.39. The van der Waals surface area contributed by atoms with E-state index >= 15 is 0 Å². The molecular weight excluding hydrogens is 543 g/mol. The molecule has 9 nitrogen and oxygen atoms in total. The summed E-state index contributed by atoms with van der Waals surface area (Å²) in [4.78, 5) is 35.8. The Balaban J connectivity index is 1.11. The van der Waals surface area contributed by atoms with E-state index in [2.05, 4.69) is 31.9 Å². The molecule has 0 spiro atoms. The molecular formula is C30H31FN6O3S. The van der Waals surface area contributed by atoms with E-state index < -0.39 is 5.82 Å². The fraction of sp³-hybridized carbons (Fsp3) is 0.333. The van der Waals surface area contributed by atoms with Gasteiger partial charge in [0.05, 0.1) is 20.8 Å². The Kier molecular flexibility index (Phi) is 7.80. The number of halogens is 1. The van der Waals surface area contributed by atoms with Crippen molar-refractivity contribution in [2.24, 2.45) is 0 Å². The minimum atomic E-state index is -0.576. The first-order valence-corrected chi connectivity index (χ1v) is 14.6. The van der Waals surface area contributed by atoms with Gasteiger partial charge in [0.25, 0.3) is 0 Å². The van der Waals surface area contributed by atoms with Gasteiger partial charge in [0.1, 0.15) is 5.75 Å². The standard InChI is InChI=1S/C30H31FN6O3S/c1-18(38)34-21-9-12-37(13-10-21)17-19-2-6-24(33-16-19)28-15-25-29(41-28)27(8-11-32-25)40-26-7-5-22(14-23(26)31)36-30(39)35-20-3-4-20/h2,5-8,11,14-16,20-21H,3-4,9-10,12-13,17H2,1H3,(H,34,38)(H2,35,36,39). The van der Waals surface area contributed by atoms with Crippen LogP contribution in [0, 0.1) is 5.82 Å². The molecule has 2 fully saturated rings. The number of rotatable bonds is 8. The van der Waals surface area contributed by atoms with Crippen LogP contribution < -0.4 is 20.7 Å². The molecule has 1 saturated carbocycles. The van der Waals surface area contributed by atoms with Gasteiger partial charge in [0, 0.05) is 68.9 Å². The van der Waals surface area contributed by atoms with Crippen LogP contribution in [0.1, 0.15) is 38.2 Å². The van der Waals surface area contributed by atoms with E-state index in [1.54, 1.807) is 25.3 Å². The molecule has 3 N–H and O–H groups in total. The van der Waals surface area contributed by atoms with Gasteiger partial charge in [-0.1, -0.05) is 6.07 Å². The van der Waals surface area contributed by atoms with Gasteiger partial charge in [-0.05, 0) is 55.5 Å². The normalized spacial score (nSPS) is 16.0. The number of hydrogen-bond donors (Lipinski definition) is 3. The van der Waals surface area contributed by atoms with E-state index in [9.17, 15) is 14.0 Å². The van der Waals surface area contributed by atoms with Gasteiger partial charge in [-0.2, -0.15) is 0 Å². The average Bonchev–Trinajstić information content (AvgIpc) is 3.65. The maximum absolute atomic E-state index is 14.9. The Hall–Kier alpha value is -4.09. The van der Waals surface area contributed by atoms with Crippen molar-refractivity contribution in [3.63, 3.8) is 0 Å². The third-order valence-corrected chi connectivity index (χ3v) is 8.34. The molecule has 3 aromatic heterocycles. The summed E-state index contributed by atoms with van der Waals surface area (Å²) in [5.41, 5.74) is 3.06. The lowest BCUT2D eigenvalue weighted by Crippen LogP contribution is -2.43. The molecule has 0 atom stereocenters. The van der Waals surface area contributed by atoms with Crippen molar-refractivity contribution in [2.45, 2.75) is 51.2 Å². The molecule has 41 heavy (non-hydrogen) atoms. The number of ether oxygens (including phenoxy) is 1. The number of amides is 3. The van der Waals surface area contributed by atoms with Crippen molar-refractivity contribution in [3.05, 3.63) is 66.2 Å². The van der Waals surface area contributed by atoms with Gasteiger partial charge in [-0.3, -0.25) is 19.7 Å². The van der Waals surface area contributed by atoms with Gasteiger partial charge in [-0.15, -0.1) is 11.3 Å². The highest BCUT2D eigenvalue weighted by atomic mass is 32.1. The SMILES string of the molecule is CC(=O)NC1CCN(Cc2ccc(-c3cc4nccc(Oc5ccc(NC(=O)NC6CC6)cc5F)c4s3)nc2)CC1. The monoisotopic (exact) mass is 574 g/mol. The molecule has 0 radical (unpaired) electrons. The molecule has 1 aliphatic heterocycles. The molecule has 6 rings (SSSR count). The van der Waals surface area contributed by atoms with Crippen molar-refractivity contribution in [1.82, 2.24) is 25.5 Å². The number of likely N-dealkylation sites (tertiary alicyclic amines) is 1. The summed E-state index contributed by atoms with van der Waals surface area (Å²) in [6, 6.07) is 12.3. The molecule has 0 unspecified atom stereocenters. The number of nitrogens with one attached hydrogen (secondary N) is 3. The van der Waals surface area contributed by atoms with Crippen LogP contribution in [0.4, 0.5) is 14.9 Å². The number of benzene rings is 1. The molecule has 3 amide bonds. The van der Waals surface area contributed by atoms with Crippen molar-refractivity contribution in [2.75, 3.05) is 18.4 Å². The predicted octanol–water partition coefficient (Wildman–Crippen LogP) is 5.67. The second-order valence-electron chi connectivity index (χ2n) is 10.6. The summed E-state index contributed by atoms with van der Waals surface area (Å²) in [5.74, 6) is 0.0106. The Bertz CT molecular complexity index is 1560. The lowest BCUT2D eigenvalue weighted by molar-refractivity contribution is -0.120. The first kappa shape index (κ1) is 27.1. The van der Waals surface area contributed by atoms with Crippen molar-refractivity contribution >= 4 is 39.2 Å². The zero-order valence-electron chi connectivity index (χ0n) is 22.7. The van der Waals surface area contributed by atoms with E-state index in [4.69, 9.17) is 9.72 Å². The van der Waals surface area contributed by atoms with Crippen LogP contribution in [0.15, 0.2) is 54.9 Å². The van der Waals surface area contributed by atoms with E-state index in [0.29, 0.717) is 11.4 Å². The van der Waals surface area contributed by atoms with Gasteiger partial charge in [0.15, 0.2) is 11.6 Å². The number of hydrogen-bond acceptors (Lipinski definition) is 7. The molecule has 2 aliphatic rings. The highest BCUT2D eigenvalue weighted by Gasteiger charge is 2.23. The molecule has 212 valence electrons. The van der Waals surface area contributed by atoms with Crippen molar-refractivity contribution < 1.29 is 18.7 Å². The number of nitrogens with zero attached hydrogens (tertiary/aromatic N) is 3. The number of carbonyl (C=O) groups excluding carboxylic acids is 2. The lowest BCUT2D eigenvalue weighted by Gasteiger charge is -2.32. The van der Waals surface area contributed by atoms with E-state index in [1.165, 1.54) is 23.5 Å². The van der Waals surface area contributed by atoms with Gasteiger partial charge >= 0.3 is 6.03 Å². The Labute approximate surface area is 241 Å². The first-order chi connectivity index (χ1) is 19.9. The third kappa shape index (κ3) is 6.80. The van der Waals surface area contributed by atoms with Gasteiger partial charge in [0.2, 0.25) is 5.91 Å². The summed E-state index contributed by atoms with van der Waals surface area (Å²) in [6.45, 7) is 4.26. The summed E-state index contributed by atoms with van der Waals surface area (Å²) in [5, 5.41) is 8.48. The maximum atomic E-state index is 14.9. The Morgan fingerprint density at radius 1 is 1.00 bits per heavy atom. The second kappa shape index (κ2) is 11.8. The third-order valence-electron chi connectivity index (χ3n) is 7.18. The van der Waals surface area contributed by atoms with Crippen LogP contribution in [-0.4, -0.2) is 52.0 Å². The molecule has 11 heteroatoms. The number of anilines is 1. The first-order valence-electron chi connectivity index (χ1n) is 13.8. The number of fused-ring (bicyclic) bond motifs is 1. The summed E-state index contributed by atoms with van der Waals surface area (Å²) < 4.78 is 21.6. The lowest BCUT2D eigenvalue weighted by atomic mass is 10.0. The molecule has 1 aliphatic carbocycles. The highest BCUT2D eigenvalue weighted by Crippen LogP contribution is 2.39. The topological polar surface area (TPSA) is 108 Å². The fourth-order valence-corrected chi connectivity index (χ4v) is 5.97. The number of carbonyl (C=O) groups is 2. The van der Waals surface area contributed by atoms with Crippen LogP contribution in [0.2, 0.25) is 0 Å². The molecule has 0 bridgehead atoms. The molecule has 4 aromatic rings. The minimum Gasteiger partial charge on any atom is -0.453 e. The van der Waals surface area contributed by atoms with Gasteiger partial charge in [-0.25, -0.2) is 9.18 Å². The Morgan fingerprint density at radius 2 is 1.80 bits per heavy atom. The van der Waals surface area contributed by atoms with Crippen LogP contribution in [-0.2, 0) is 11.3 Å². The number of urea groups is 1. The molecule has 4 heterocycles. The molecule has 1 aromatic carbocycles. The second-order valence-corrected chi connectivity index (χ2v) is 11.6. The smallest absolute Gasteiger partial charge is 0.319 e. The van der Waals surface area contributed by atoms with E-state index in [0.717, 1.165) is 71.7 Å². The van der Waals surface area contributed by atoms with E-state index in [1.807, 2.05) is 18.3 Å². The van der Waals surface area contributed by atoms with E-state index in [-0.39, 0.29) is 29.8 Å². The van der Waals surface area contributed by atoms with Crippen molar-refractivity contribution in [1.29, 1.82) is 0 Å². The largest absolute Gasteiger partial charge is 0.453 e. The fourth-order valence-electron chi connectivity index (χ4n) is 4.93. The highest BCUT2D eigenvalue weighted by molar-refractivity contribution is 7.22. The summed E-state index contributed by atoms with van der Waals surface area (Å²) in [7, 11) is 0. The van der Waals surface area contributed by atoms with Crippen LogP contribution >= 0.6 is 11.3 Å². The number of thiophene rings is 1. The zero-order chi connectivity index (χ0) is 28.3. The molecule has 1 saturated heterocycles. The zero-order valence-corrected chi connectivity index (χ0v) is 23.5. The van der Waals surface area contributed by atoms with Gasteiger partial charge < -0.3 is 20.7 Å². The summed E-state index contributed by atoms with van der Waals surface area (Å²) >= 11 is 1.49.